The van der Waals surface area contributed by atoms with Crippen LogP contribution in [0.1, 0.15) is 30.7 Å². The summed E-state index contributed by atoms with van der Waals surface area (Å²) in [5.41, 5.74) is 9.19. The van der Waals surface area contributed by atoms with Crippen LogP contribution in [-0.4, -0.2) is 10.1 Å². The number of aliphatic hydroxyl groups is 1. The standard InChI is InChI=1S/C14H16N2O2/c1-14(2,17)13-11(15)4-8-3-9-6-18-7-10(9)5-12(8)16-13/h3-5,17H,6-7,15H2,1-2H3. The van der Waals surface area contributed by atoms with Crippen LogP contribution in [0.4, 0.5) is 5.69 Å². The second kappa shape index (κ2) is 3.67. The first kappa shape index (κ1) is 11.4. The van der Waals surface area contributed by atoms with Crippen molar-refractivity contribution in [2.45, 2.75) is 32.7 Å². The average molecular weight is 244 g/mol. The lowest BCUT2D eigenvalue weighted by Gasteiger charge is -2.19. The van der Waals surface area contributed by atoms with Gasteiger partial charge in [-0.15, -0.1) is 0 Å². The SMILES string of the molecule is CC(C)(O)c1nc2cc3c(cc2cc1N)COC3. The fourth-order valence-electron chi connectivity index (χ4n) is 2.36. The highest BCUT2D eigenvalue weighted by atomic mass is 16.5. The van der Waals surface area contributed by atoms with Crippen LogP contribution in [0.3, 0.4) is 0 Å². The van der Waals surface area contributed by atoms with Crippen molar-refractivity contribution in [2.24, 2.45) is 0 Å². The third-order valence-corrected chi connectivity index (χ3v) is 3.26. The summed E-state index contributed by atoms with van der Waals surface area (Å²) in [5, 5.41) is 11.0. The van der Waals surface area contributed by atoms with Gasteiger partial charge in [0.15, 0.2) is 0 Å². The van der Waals surface area contributed by atoms with E-state index in [1.807, 2.05) is 12.1 Å². The van der Waals surface area contributed by atoms with Crippen LogP contribution < -0.4 is 5.73 Å². The first-order valence-electron chi connectivity index (χ1n) is 5.98. The minimum atomic E-state index is -1.03. The van der Waals surface area contributed by atoms with Gasteiger partial charge in [0.25, 0.3) is 0 Å². The molecular formula is C14H16N2O2. The number of hydrogen-bond acceptors (Lipinski definition) is 4. The van der Waals surface area contributed by atoms with Crippen molar-refractivity contribution < 1.29 is 9.84 Å². The van der Waals surface area contributed by atoms with Gasteiger partial charge in [0, 0.05) is 5.39 Å². The molecule has 0 aliphatic carbocycles. The molecule has 0 amide bonds. The molecule has 0 fully saturated rings. The number of nitrogens with two attached hydrogens (primary N) is 1. The fraction of sp³-hybridized carbons (Fsp3) is 0.357. The molecule has 0 unspecified atom stereocenters. The third kappa shape index (κ3) is 1.74. The summed E-state index contributed by atoms with van der Waals surface area (Å²) in [7, 11) is 0. The van der Waals surface area contributed by atoms with Gasteiger partial charge in [0.05, 0.1) is 30.1 Å². The molecule has 1 aliphatic heterocycles. The summed E-state index contributed by atoms with van der Waals surface area (Å²) >= 11 is 0. The van der Waals surface area contributed by atoms with Gasteiger partial charge in [-0.2, -0.15) is 0 Å². The highest BCUT2D eigenvalue weighted by Gasteiger charge is 2.22. The number of fused-ring (bicyclic) bond motifs is 2. The van der Waals surface area contributed by atoms with Crippen LogP contribution in [0.25, 0.3) is 10.9 Å². The summed E-state index contributed by atoms with van der Waals surface area (Å²) in [4.78, 5) is 4.49. The van der Waals surface area contributed by atoms with Crippen LogP contribution in [0.2, 0.25) is 0 Å². The zero-order valence-electron chi connectivity index (χ0n) is 10.5. The Balaban J connectivity index is 2.26. The van der Waals surface area contributed by atoms with E-state index >= 15 is 0 Å². The number of nitrogen functional groups attached to an aromatic ring is 1. The smallest absolute Gasteiger partial charge is 0.103 e. The van der Waals surface area contributed by atoms with Crippen molar-refractivity contribution in [3.8, 4) is 0 Å². The van der Waals surface area contributed by atoms with Crippen molar-refractivity contribution in [3.63, 3.8) is 0 Å². The maximum Gasteiger partial charge on any atom is 0.103 e. The van der Waals surface area contributed by atoms with Gasteiger partial charge < -0.3 is 15.6 Å². The third-order valence-electron chi connectivity index (χ3n) is 3.26. The first-order valence-corrected chi connectivity index (χ1v) is 5.98. The average Bonchev–Trinajstić information content (AvgIpc) is 2.70. The molecule has 0 atom stereocenters. The number of benzene rings is 1. The van der Waals surface area contributed by atoms with E-state index in [0.29, 0.717) is 24.6 Å². The molecule has 1 aromatic carbocycles. The number of aromatic nitrogens is 1. The number of pyridine rings is 1. The number of rotatable bonds is 1. The first-order chi connectivity index (χ1) is 8.45. The zero-order valence-corrected chi connectivity index (χ0v) is 10.5. The van der Waals surface area contributed by atoms with Crippen molar-refractivity contribution >= 4 is 16.6 Å². The number of nitrogens with zero attached hydrogens (tertiary/aromatic N) is 1. The van der Waals surface area contributed by atoms with E-state index in [1.165, 1.54) is 11.1 Å². The molecule has 0 saturated heterocycles. The normalized spacial score (nSPS) is 15.1. The van der Waals surface area contributed by atoms with Gasteiger partial charge in [-0.25, -0.2) is 4.98 Å². The van der Waals surface area contributed by atoms with E-state index in [2.05, 4.69) is 11.1 Å². The monoisotopic (exact) mass is 244 g/mol. The molecule has 3 N–H and O–H groups in total. The van der Waals surface area contributed by atoms with Gasteiger partial charge in [0.1, 0.15) is 5.60 Å². The number of anilines is 1. The quantitative estimate of drug-likeness (QED) is 0.805. The highest BCUT2D eigenvalue weighted by molar-refractivity contribution is 5.84. The van der Waals surface area contributed by atoms with Crippen molar-refractivity contribution in [1.29, 1.82) is 0 Å². The van der Waals surface area contributed by atoms with E-state index in [0.717, 1.165) is 10.9 Å². The minimum absolute atomic E-state index is 0.522. The summed E-state index contributed by atoms with van der Waals surface area (Å²) in [5.74, 6) is 0. The molecule has 4 heteroatoms. The van der Waals surface area contributed by atoms with Crippen LogP contribution >= 0.6 is 0 Å². The molecule has 94 valence electrons. The lowest BCUT2D eigenvalue weighted by atomic mass is 10.00. The molecule has 2 aromatic rings. The second-order valence-corrected chi connectivity index (χ2v) is 5.29. The lowest BCUT2D eigenvalue weighted by Crippen LogP contribution is -2.19. The Kier molecular flexibility index (Phi) is 2.33. The maximum absolute atomic E-state index is 10.1. The Morgan fingerprint density at radius 1 is 1.22 bits per heavy atom. The van der Waals surface area contributed by atoms with Crippen molar-refractivity contribution in [3.05, 3.63) is 35.0 Å². The summed E-state index contributed by atoms with van der Waals surface area (Å²) < 4.78 is 5.41. The van der Waals surface area contributed by atoms with Crippen LogP contribution in [0, 0.1) is 0 Å². The topological polar surface area (TPSA) is 68.4 Å². The molecule has 3 rings (SSSR count). The zero-order chi connectivity index (χ0) is 12.9. The fourth-order valence-corrected chi connectivity index (χ4v) is 2.36. The van der Waals surface area contributed by atoms with E-state index in [-0.39, 0.29) is 0 Å². The lowest BCUT2D eigenvalue weighted by molar-refractivity contribution is 0.0751. The van der Waals surface area contributed by atoms with E-state index < -0.39 is 5.60 Å². The van der Waals surface area contributed by atoms with Crippen LogP contribution in [0.15, 0.2) is 18.2 Å². The van der Waals surface area contributed by atoms with Gasteiger partial charge in [-0.1, -0.05) is 0 Å². The Morgan fingerprint density at radius 2 is 1.89 bits per heavy atom. The number of hydrogen-bond donors (Lipinski definition) is 2. The summed E-state index contributed by atoms with van der Waals surface area (Å²) in [6, 6.07) is 5.95. The van der Waals surface area contributed by atoms with Gasteiger partial charge >= 0.3 is 0 Å². The van der Waals surface area contributed by atoms with Crippen LogP contribution in [-0.2, 0) is 23.6 Å². The molecule has 0 saturated carbocycles. The van der Waals surface area contributed by atoms with Gasteiger partial charge in [-0.3, -0.25) is 0 Å². The van der Waals surface area contributed by atoms with Crippen molar-refractivity contribution in [1.82, 2.24) is 4.98 Å². The molecule has 0 radical (unpaired) electrons. The predicted molar refractivity (Wildman–Crippen MR) is 69.9 cm³/mol. The summed E-state index contributed by atoms with van der Waals surface area (Å²) in [6.45, 7) is 4.66. The molecule has 4 nitrogen and oxygen atoms in total. The molecule has 18 heavy (non-hydrogen) atoms. The summed E-state index contributed by atoms with van der Waals surface area (Å²) in [6.07, 6.45) is 0. The molecule has 1 aliphatic rings. The number of ether oxygens (including phenoxy) is 1. The Hall–Kier alpha value is -1.65. The van der Waals surface area contributed by atoms with Gasteiger partial charge in [0.2, 0.25) is 0 Å². The Bertz CT molecular complexity index is 630. The Morgan fingerprint density at radius 3 is 2.56 bits per heavy atom. The minimum Gasteiger partial charge on any atom is -0.397 e. The van der Waals surface area contributed by atoms with E-state index in [9.17, 15) is 5.11 Å². The van der Waals surface area contributed by atoms with E-state index in [4.69, 9.17) is 10.5 Å². The highest BCUT2D eigenvalue weighted by Crippen LogP contribution is 2.30. The van der Waals surface area contributed by atoms with Crippen molar-refractivity contribution in [2.75, 3.05) is 5.73 Å². The maximum atomic E-state index is 10.1. The molecular weight excluding hydrogens is 228 g/mol. The van der Waals surface area contributed by atoms with Crippen LogP contribution in [0.5, 0.6) is 0 Å². The van der Waals surface area contributed by atoms with Gasteiger partial charge in [-0.05, 0) is 43.2 Å². The predicted octanol–water partition coefficient (Wildman–Crippen LogP) is 2.07. The molecule has 0 bridgehead atoms. The second-order valence-electron chi connectivity index (χ2n) is 5.29. The largest absolute Gasteiger partial charge is 0.397 e. The molecule has 0 spiro atoms. The molecule has 1 aromatic heterocycles. The Labute approximate surface area is 105 Å². The van der Waals surface area contributed by atoms with E-state index in [1.54, 1.807) is 13.8 Å². The molecule has 2 heterocycles.